The molecule has 0 bridgehead atoms. The molecule has 6 nitrogen and oxygen atoms in total. The summed E-state index contributed by atoms with van der Waals surface area (Å²) in [6.45, 7) is 2.70. The van der Waals surface area contributed by atoms with Crippen molar-refractivity contribution in [2.75, 3.05) is 19.3 Å². The third-order valence-electron chi connectivity index (χ3n) is 2.96. The maximum absolute atomic E-state index is 12.4. The van der Waals surface area contributed by atoms with Gasteiger partial charge in [-0.05, 0) is 19.2 Å². The van der Waals surface area contributed by atoms with Crippen LogP contribution in [0.25, 0.3) is 0 Å². The second-order valence-corrected chi connectivity index (χ2v) is 4.81. The summed E-state index contributed by atoms with van der Waals surface area (Å²) in [5, 5.41) is 11.6. The molecule has 0 aliphatic carbocycles. The number of amidine groups is 1. The highest BCUT2D eigenvalue weighted by Gasteiger charge is 2.27. The van der Waals surface area contributed by atoms with E-state index < -0.39 is 4.92 Å². The van der Waals surface area contributed by atoms with E-state index in [-0.39, 0.29) is 11.6 Å². The number of hydrogen-bond donors (Lipinski definition) is 0. The van der Waals surface area contributed by atoms with Crippen LogP contribution in [0.1, 0.15) is 15.9 Å². The van der Waals surface area contributed by atoms with Gasteiger partial charge < -0.3 is 0 Å². The summed E-state index contributed by atoms with van der Waals surface area (Å²) >= 11 is 1.40. The van der Waals surface area contributed by atoms with Crippen LogP contribution < -0.4 is 0 Å². The molecule has 0 radical (unpaired) electrons. The van der Waals surface area contributed by atoms with E-state index in [2.05, 4.69) is 4.99 Å². The summed E-state index contributed by atoms with van der Waals surface area (Å²) in [6.07, 6.45) is 1.85. The number of nitro benzene ring substituents is 1. The topological polar surface area (TPSA) is 75.8 Å². The summed E-state index contributed by atoms with van der Waals surface area (Å²) in [5.74, 6) is -0.230. The molecule has 0 aromatic heterocycles. The van der Waals surface area contributed by atoms with Crippen molar-refractivity contribution >= 4 is 28.5 Å². The minimum Gasteiger partial charge on any atom is -0.286 e. The number of aliphatic imine (C=N–C) groups is 1. The smallest absolute Gasteiger partial charge is 0.273 e. The molecule has 2 rings (SSSR count). The first-order chi connectivity index (χ1) is 9.06. The fourth-order valence-corrected chi connectivity index (χ4v) is 2.60. The molecule has 0 saturated heterocycles. The first kappa shape index (κ1) is 13.5. The number of hydrogen-bond acceptors (Lipinski definition) is 5. The van der Waals surface area contributed by atoms with Crippen LogP contribution in [0, 0.1) is 17.0 Å². The zero-order valence-electron chi connectivity index (χ0n) is 10.6. The predicted molar refractivity (Wildman–Crippen MR) is 74.7 cm³/mol. The lowest BCUT2D eigenvalue weighted by molar-refractivity contribution is -0.385. The van der Waals surface area contributed by atoms with Crippen LogP contribution in [0.5, 0.6) is 0 Å². The van der Waals surface area contributed by atoms with Gasteiger partial charge >= 0.3 is 0 Å². The molecule has 1 heterocycles. The van der Waals surface area contributed by atoms with Gasteiger partial charge in [0.2, 0.25) is 0 Å². The molecule has 0 N–H and O–H groups in total. The number of rotatable bonds is 2. The second kappa shape index (κ2) is 5.40. The molecule has 1 amide bonds. The van der Waals surface area contributed by atoms with Gasteiger partial charge in [0, 0.05) is 23.7 Å². The average molecular weight is 279 g/mol. The van der Waals surface area contributed by atoms with E-state index in [9.17, 15) is 14.9 Å². The lowest BCUT2D eigenvalue weighted by atomic mass is 10.1. The van der Waals surface area contributed by atoms with Crippen LogP contribution in [-0.2, 0) is 0 Å². The lowest BCUT2D eigenvalue weighted by Gasteiger charge is -2.17. The van der Waals surface area contributed by atoms with Crippen molar-refractivity contribution in [1.29, 1.82) is 0 Å². The Morgan fingerprint density at radius 2 is 2.26 bits per heavy atom. The average Bonchev–Trinajstić information content (AvgIpc) is 2.86. The highest BCUT2D eigenvalue weighted by Crippen LogP contribution is 2.24. The highest BCUT2D eigenvalue weighted by atomic mass is 32.2. The molecule has 0 saturated carbocycles. The van der Waals surface area contributed by atoms with Gasteiger partial charge in [-0.2, -0.15) is 0 Å². The Hall–Kier alpha value is -1.89. The van der Waals surface area contributed by atoms with Crippen LogP contribution >= 0.6 is 11.8 Å². The zero-order chi connectivity index (χ0) is 14.0. The third-order valence-corrected chi connectivity index (χ3v) is 3.68. The molecule has 1 aliphatic rings. The van der Waals surface area contributed by atoms with E-state index in [1.165, 1.54) is 23.9 Å². The lowest BCUT2D eigenvalue weighted by Crippen LogP contribution is -2.33. The molecule has 1 aliphatic heterocycles. The predicted octanol–water partition coefficient (Wildman–Crippen LogP) is 2.08. The van der Waals surface area contributed by atoms with E-state index in [0.717, 1.165) is 0 Å². The van der Waals surface area contributed by atoms with Gasteiger partial charge in [0.1, 0.15) is 0 Å². The van der Waals surface area contributed by atoms with Crippen LogP contribution in [0.15, 0.2) is 23.2 Å². The summed E-state index contributed by atoms with van der Waals surface area (Å²) in [5.41, 5.74) is 0.718. The fraction of sp³-hybridized carbons (Fsp3) is 0.333. The molecule has 0 spiro atoms. The summed E-state index contributed by atoms with van der Waals surface area (Å²) in [4.78, 5) is 28.6. The van der Waals surface area contributed by atoms with Crippen molar-refractivity contribution in [3.8, 4) is 0 Å². The van der Waals surface area contributed by atoms with Crippen molar-refractivity contribution in [2.45, 2.75) is 6.92 Å². The number of thioether (sulfide) groups is 1. The molecule has 0 fully saturated rings. The van der Waals surface area contributed by atoms with Gasteiger partial charge in [-0.25, -0.2) is 0 Å². The molecular weight excluding hydrogens is 266 g/mol. The highest BCUT2D eigenvalue weighted by molar-refractivity contribution is 8.13. The van der Waals surface area contributed by atoms with Crippen LogP contribution in [0.3, 0.4) is 0 Å². The number of amides is 1. The van der Waals surface area contributed by atoms with E-state index in [1.807, 2.05) is 6.26 Å². The summed E-state index contributed by atoms with van der Waals surface area (Å²) in [7, 11) is 0. The van der Waals surface area contributed by atoms with Crippen molar-refractivity contribution in [3.05, 3.63) is 39.4 Å². The Labute approximate surface area is 114 Å². The first-order valence-electron chi connectivity index (χ1n) is 5.70. The molecule has 0 atom stereocenters. The van der Waals surface area contributed by atoms with Crippen LogP contribution in [-0.4, -0.2) is 40.2 Å². The maximum atomic E-state index is 12.4. The first-order valence-corrected chi connectivity index (χ1v) is 6.93. The molecule has 1 aromatic carbocycles. The number of benzene rings is 1. The molecule has 100 valence electrons. The Kier molecular flexibility index (Phi) is 3.84. The van der Waals surface area contributed by atoms with Gasteiger partial charge in [0.25, 0.3) is 11.6 Å². The largest absolute Gasteiger partial charge is 0.286 e. The third kappa shape index (κ3) is 2.46. The van der Waals surface area contributed by atoms with Gasteiger partial charge in [-0.15, -0.1) is 0 Å². The summed E-state index contributed by atoms with van der Waals surface area (Å²) < 4.78 is 0. The zero-order valence-corrected chi connectivity index (χ0v) is 11.4. The Morgan fingerprint density at radius 1 is 1.53 bits per heavy atom. The van der Waals surface area contributed by atoms with Crippen LogP contribution in [0.4, 0.5) is 5.69 Å². The van der Waals surface area contributed by atoms with Gasteiger partial charge in [-0.1, -0.05) is 17.8 Å². The van der Waals surface area contributed by atoms with E-state index in [1.54, 1.807) is 17.9 Å². The summed E-state index contributed by atoms with van der Waals surface area (Å²) in [6, 6.07) is 4.55. The standard InChI is InChI=1S/C12H13N3O3S/c1-8-9(4-3-5-10(8)15(17)18)11(16)14-7-6-13-12(14)19-2/h3-5H,6-7H2,1-2H3. The second-order valence-electron chi connectivity index (χ2n) is 4.03. The molecule has 1 aromatic rings. The van der Waals surface area contributed by atoms with Crippen molar-refractivity contribution < 1.29 is 9.72 Å². The number of nitrogens with zero attached hydrogens (tertiary/aromatic N) is 3. The maximum Gasteiger partial charge on any atom is 0.273 e. The van der Waals surface area contributed by atoms with Gasteiger partial charge in [-0.3, -0.25) is 24.8 Å². The SMILES string of the molecule is CSC1=NCCN1C(=O)c1cccc([N+](=O)[O-])c1C. The monoisotopic (exact) mass is 279 g/mol. The van der Waals surface area contributed by atoms with Gasteiger partial charge in [0.15, 0.2) is 5.17 Å². The number of carbonyl (C=O) groups is 1. The minimum absolute atomic E-state index is 0.0345. The van der Waals surface area contributed by atoms with Crippen molar-refractivity contribution in [2.24, 2.45) is 4.99 Å². The van der Waals surface area contributed by atoms with E-state index in [4.69, 9.17) is 0 Å². The minimum atomic E-state index is -0.473. The van der Waals surface area contributed by atoms with E-state index in [0.29, 0.717) is 29.4 Å². The quantitative estimate of drug-likeness (QED) is 0.613. The molecule has 19 heavy (non-hydrogen) atoms. The molecule has 7 heteroatoms. The van der Waals surface area contributed by atoms with E-state index >= 15 is 0 Å². The number of carbonyl (C=O) groups excluding carboxylic acids is 1. The van der Waals surface area contributed by atoms with Crippen LogP contribution in [0.2, 0.25) is 0 Å². The van der Waals surface area contributed by atoms with Crippen molar-refractivity contribution in [3.63, 3.8) is 0 Å². The Morgan fingerprint density at radius 3 is 2.89 bits per heavy atom. The Balaban J connectivity index is 2.37. The Bertz CT molecular complexity index is 571. The molecule has 0 unspecified atom stereocenters. The van der Waals surface area contributed by atoms with Gasteiger partial charge in [0.05, 0.1) is 11.5 Å². The number of nitro groups is 1. The van der Waals surface area contributed by atoms with Crippen molar-refractivity contribution in [1.82, 2.24) is 4.90 Å². The molecular formula is C12H13N3O3S. The fourth-order valence-electron chi connectivity index (χ4n) is 1.99. The normalized spacial score (nSPS) is 14.4.